The van der Waals surface area contributed by atoms with Crippen molar-refractivity contribution in [2.45, 2.75) is 44.6 Å². The second-order valence-electron chi connectivity index (χ2n) is 5.47. The van der Waals surface area contributed by atoms with Gasteiger partial charge in [-0.2, -0.15) is 4.31 Å². The quantitative estimate of drug-likeness (QED) is 0.874. The van der Waals surface area contributed by atoms with E-state index >= 15 is 0 Å². The summed E-state index contributed by atoms with van der Waals surface area (Å²) < 4.78 is 32.4. The molecule has 1 saturated heterocycles. The molecule has 0 radical (unpaired) electrons. The van der Waals surface area contributed by atoms with Crippen molar-refractivity contribution in [3.8, 4) is 0 Å². The van der Waals surface area contributed by atoms with Gasteiger partial charge in [-0.25, -0.2) is 8.42 Å². The Morgan fingerprint density at radius 1 is 1.50 bits per heavy atom. The van der Waals surface area contributed by atoms with E-state index in [4.69, 9.17) is 4.42 Å². The monoisotopic (exact) mass is 300 g/mol. The Hall–Kier alpha value is -0.850. The van der Waals surface area contributed by atoms with Crippen LogP contribution in [0.25, 0.3) is 0 Å². The molecule has 1 aromatic rings. The van der Waals surface area contributed by atoms with E-state index in [0.717, 1.165) is 19.3 Å². The Morgan fingerprint density at radius 2 is 2.25 bits per heavy atom. The van der Waals surface area contributed by atoms with Crippen LogP contribution in [0.5, 0.6) is 0 Å². The van der Waals surface area contributed by atoms with Crippen molar-refractivity contribution in [3.63, 3.8) is 0 Å². The van der Waals surface area contributed by atoms with Crippen LogP contribution < -0.4 is 5.32 Å². The van der Waals surface area contributed by atoms with Crippen LogP contribution in [0.2, 0.25) is 0 Å². The summed E-state index contributed by atoms with van der Waals surface area (Å²) in [6.07, 6.45) is 3.17. The molecule has 2 heterocycles. The Kier molecular flexibility index (Phi) is 4.88. The molecular formula is C14H24N2O3S. The average Bonchev–Trinajstić information content (AvgIpc) is 2.98. The van der Waals surface area contributed by atoms with E-state index in [0.29, 0.717) is 42.0 Å². The first-order chi connectivity index (χ1) is 9.48. The zero-order valence-corrected chi connectivity index (χ0v) is 13.3. The van der Waals surface area contributed by atoms with Crippen LogP contribution in [-0.2, 0) is 16.6 Å². The molecule has 0 saturated carbocycles. The normalized spacial score (nSPS) is 20.6. The molecule has 0 aliphatic carbocycles. The van der Waals surface area contributed by atoms with Crippen LogP contribution in [-0.4, -0.2) is 32.9 Å². The summed E-state index contributed by atoms with van der Waals surface area (Å²) in [6.45, 7) is 5.66. The van der Waals surface area contributed by atoms with E-state index in [1.54, 1.807) is 17.3 Å². The predicted molar refractivity (Wildman–Crippen MR) is 78.0 cm³/mol. The highest BCUT2D eigenvalue weighted by molar-refractivity contribution is 7.89. The van der Waals surface area contributed by atoms with Gasteiger partial charge < -0.3 is 9.73 Å². The Bertz CT molecular complexity index is 551. The van der Waals surface area contributed by atoms with Gasteiger partial charge in [-0.1, -0.05) is 13.3 Å². The van der Waals surface area contributed by atoms with Crippen molar-refractivity contribution in [2.75, 3.05) is 20.1 Å². The average molecular weight is 300 g/mol. The summed E-state index contributed by atoms with van der Waals surface area (Å²) >= 11 is 0. The molecule has 0 aromatic carbocycles. The van der Waals surface area contributed by atoms with E-state index in [1.807, 2.05) is 7.05 Å². The van der Waals surface area contributed by atoms with Gasteiger partial charge in [0.05, 0.1) is 6.54 Å². The minimum atomic E-state index is -3.41. The van der Waals surface area contributed by atoms with Gasteiger partial charge in [0.15, 0.2) is 0 Å². The molecule has 2 rings (SSSR count). The summed E-state index contributed by atoms with van der Waals surface area (Å²) in [4.78, 5) is 0.319. The van der Waals surface area contributed by atoms with E-state index in [1.165, 1.54) is 0 Å². The van der Waals surface area contributed by atoms with Crippen LogP contribution in [0.3, 0.4) is 0 Å². The number of sulfonamides is 1. The molecule has 114 valence electrons. The number of furan rings is 1. The molecule has 1 aromatic heterocycles. The van der Waals surface area contributed by atoms with Gasteiger partial charge in [-0.15, -0.1) is 0 Å². The molecule has 20 heavy (non-hydrogen) atoms. The molecule has 0 amide bonds. The Morgan fingerprint density at radius 3 is 2.90 bits per heavy atom. The van der Waals surface area contributed by atoms with E-state index in [-0.39, 0.29) is 0 Å². The van der Waals surface area contributed by atoms with Crippen molar-refractivity contribution >= 4 is 10.0 Å². The largest absolute Gasteiger partial charge is 0.464 e. The lowest BCUT2D eigenvalue weighted by Gasteiger charge is -2.15. The number of rotatable bonds is 6. The minimum absolute atomic E-state index is 0.319. The molecule has 0 spiro atoms. The fraction of sp³-hybridized carbons (Fsp3) is 0.714. The second-order valence-corrected chi connectivity index (χ2v) is 7.38. The van der Waals surface area contributed by atoms with Crippen molar-refractivity contribution < 1.29 is 12.8 Å². The molecule has 5 nitrogen and oxygen atoms in total. The summed E-state index contributed by atoms with van der Waals surface area (Å²) in [7, 11) is -1.60. The van der Waals surface area contributed by atoms with Crippen LogP contribution in [0.1, 0.15) is 37.7 Å². The predicted octanol–water partition coefficient (Wildman–Crippen LogP) is 2.12. The molecule has 1 atom stereocenters. The van der Waals surface area contributed by atoms with Gasteiger partial charge in [0, 0.05) is 19.2 Å². The second kappa shape index (κ2) is 6.28. The highest BCUT2D eigenvalue weighted by atomic mass is 32.2. The van der Waals surface area contributed by atoms with E-state index < -0.39 is 10.0 Å². The molecule has 1 fully saturated rings. The molecule has 6 heteroatoms. The zero-order chi connectivity index (χ0) is 14.8. The van der Waals surface area contributed by atoms with E-state index in [9.17, 15) is 8.42 Å². The zero-order valence-electron chi connectivity index (χ0n) is 12.5. The Labute approximate surface area is 121 Å². The topological polar surface area (TPSA) is 62.6 Å². The maximum Gasteiger partial charge on any atom is 0.246 e. The third-order valence-corrected chi connectivity index (χ3v) is 5.81. The first kappa shape index (κ1) is 15.5. The van der Waals surface area contributed by atoms with Crippen LogP contribution in [0, 0.1) is 12.8 Å². The molecular weight excluding hydrogens is 276 g/mol. The van der Waals surface area contributed by atoms with Crippen LogP contribution in [0.4, 0.5) is 0 Å². The van der Waals surface area contributed by atoms with Gasteiger partial charge in [0.2, 0.25) is 10.0 Å². The molecule has 1 aliphatic heterocycles. The molecule has 1 unspecified atom stereocenters. The van der Waals surface area contributed by atoms with Crippen molar-refractivity contribution in [3.05, 3.63) is 17.6 Å². The smallest absolute Gasteiger partial charge is 0.246 e. The highest BCUT2D eigenvalue weighted by Crippen LogP contribution is 2.29. The van der Waals surface area contributed by atoms with Crippen LogP contribution in [0.15, 0.2) is 15.4 Å². The standard InChI is InChI=1S/C14H24N2O3S/c1-4-5-12-6-7-16(10-12)20(17,18)14-8-13(9-15-3)19-11(14)2/h8,12,15H,4-7,9-10H2,1-3H3. The third kappa shape index (κ3) is 3.07. The van der Waals surface area contributed by atoms with E-state index in [2.05, 4.69) is 12.2 Å². The van der Waals surface area contributed by atoms with Crippen molar-refractivity contribution in [1.82, 2.24) is 9.62 Å². The lowest BCUT2D eigenvalue weighted by atomic mass is 10.0. The highest BCUT2D eigenvalue weighted by Gasteiger charge is 2.34. The molecule has 1 aliphatic rings. The lowest BCUT2D eigenvalue weighted by Crippen LogP contribution is -2.29. The van der Waals surface area contributed by atoms with Gasteiger partial charge in [0.1, 0.15) is 16.4 Å². The fourth-order valence-corrected chi connectivity index (χ4v) is 4.56. The van der Waals surface area contributed by atoms with Crippen LogP contribution >= 0.6 is 0 Å². The van der Waals surface area contributed by atoms with Crippen molar-refractivity contribution in [2.24, 2.45) is 5.92 Å². The van der Waals surface area contributed by atoms with Gasteiger partial charge in [-0.05, 0) is 32.7 Å². The van der Waals surface area contributed by atoms with Gasteiger partial charge in [-0.3, -0.25) is 0 Å². The summed E-state index contributed by atoms with van der Waals surface area (Å²) in [6, 6.07) is 1.65. The summed E-state index contributed by atoms with van der Waals surface area (Å²) in [5.74, 6) is 1.64. The maximum absolute atomic E-state index is 12.7. The van der Waals surface area contributed by atoms with Gasteiger partial charge in [0.25, 0.3) is 0 Å². The number of hydrogen-bond donors (Lipinski definition) is 1. The summed E-state index contributed by atoms with van der Waals surface area (Å²) in [5, 5.41) is 2.97. The summed E-state index contributed by atoms with van der Waals surface area (Å²) in [5.41, 5.74) is 0. The fourth-order valence-electron chi connectivity index (χ4n) is 2.84. The molecule has 0 bridgehead atoms. The minimum Gasteiger partial charge on any atom is -0.464 e. The first-order valence-corrected chi connectivity index (χ1v) is 8.67. The SMILES string of the molecule is CCCC1CCN(S(=O)(=O)c2cc(CNC)oc2C)C1. The number of hydrogen-bond acceptors (Lipinski definition) is 4. The third-order valence-electron chi connectivity index (χ3n) is 3.84. The number of nitrogens with zero attached hydrogens (tertiary/aromatic N) is 1. The number of nitrogens with one attached hydrogen (secondary N) is 1. The molecule has 1 N–H and O–H groups in total. The first-order valence-electron chi connectivity index (χ1n) is 7.23. The van der Waals surface area contributed by atoms with Gasteiger partial charge >= 0.3 is 0 Å². The Balaban J connectivity index is 2.18. The number of aryl methyl sites for hydroxylation is 1. The lowest BCUT2D eigenvalue weighted by molar-refractivity contribution is 0.439. The maximum atomic E-state index is 12.7. The van der Waals surface area contributed by atoms with Crippen molar-refractivity contribution in [1.29, 1.82) is 0 Å².